The maximum absolute atomic E-state index is 9.73. The fourth-order valence-electron chi connectivity index (χ4n) is 3.30. The minimum Gasteiger partial charge on any atom is -0.467 e. The molecule has 9 heteroatoms. The molecule has 2 aromatic rings. The summed E-state index contributed by atoms with van der Waals surface area (Å²) in [5.41, 5.74) is 0. The van der Waals surface area contributed by atoms with Gasteiger partial charge in [-0.25, -0.2) is 9.97 Å². The maximum atomic E-state index is 9.73. The first-order valence-electron chi connectivity index (χ1n) is 8.70. The van der Waals surface area contributed by atoms with Gasteiger partial charge >= 0.3 is 6.01 Å². The summed E-state index contributed by atoms with van der Waals surface area (Å²) in [5, 5.41) is 9.73. The minimum atomic E-state index is -0.688. The second kappa shape index (κ2) is 7.36. The van der Waals surface area contributed by atoms with E-state index in [4.69, 9.17) is 4.74 Å². The number of aliphatic hydroxyl groups excluding tert-OH is 1. The molecule has 1 aliphatic heterocycles. The fourth-order valence-corrected chi connectivity index (χ4v) is 3.30. The first kappa shape index (κ1) is 18.2. The molecule has 2 aromatic heterocycles. The van der Waals surface area contributed by atoms with Gasteiger partial charge < -0.3 is 19.6 Å². The van der Waals surface area contributed by atoms with E-state index in [2.05, 4.69) is 48.6 Å². The SMILES string of the molecule is COc1nc(C)nc(N2C(C)CN(c3ccnc(C(C)O)n3)CC2C)n1. The molecule has 1 saturated heterocycles. The molecule has 0 amide bonds. The third kappa shape index (κ3) is 3.67. The third-order valence-electron chi connectivity index (χ3n) is 4.40. The van der Waals surface area contributed by atoms with Gasteiger partial charge in [-0.2, -0.15) is 15.0 Å². The summed E-state index contributed by atoms with van der Waals surface area (Å²) >= 11 is 0. The molecular weight excluding hydrogens is 334 g/mol. The Morgan fingerprint density at radius 2 is 1.85 bits per heavy atom. The first-order chi connectivity index (χ1) is 12.4. The van der Waals surface area contributed by atoms with Crippen LogP contribution in [-0.2, 0) is 0 Å². The van der Waals surface area contributed by atoms with Crippen LogP contribution in [0.5, 0.6) is 6.01 Å². The molecule has 140 valence electrons. The molecule has 0 aliphatic carbocycles. The van der Waals surface area contributed by atoms with E-state index in [9.17, 15) is 5.11 Å². The van der Waals surface area contributed by atoms with Crippen molar-refractivity contribution < 1.29 is 9.84 Å². The third-order valence-corrected chi connectivity index (χ3v) is 4.40. The summed E-state index contributed by atoms with van der Waals surface area (Å²) in [4.78, 5) is 26.1. The number of aryl methyl sites for hydroxylation is 1. The van der Waals surface area contributed by atoms with E-state index in [0.717, 1.165) is 18.9 Å². The van der Waals surface area contributed by atoms with Gasteiger partial charge in [-0.3, -0.25) is 0 Å². The lowest BCUT2D eigenvalue weighted by Gasteiger charge is -2.44. The van der Waals surface area contributed by atoms with Gasteiger partial charge in [0.25, 0.3) is 0 Å². The van der Waals surface area contributed by atoms with Crippen LogP contribution < -0.4 is 14.5 Å². The van der Waals surface area contributed by atoms with Crippen LogP contribution in [0.25, 0.3) is 0 Å². The van der Waals surface area contributed by atoms with Crippen molar-refractivity contribution in [3.63, 3.8) is 0 Å². The Labute approximate surface area is 153 Å². The van der Waals surface area contributed by atoms with Crippen LogP contribution in [0.2, 0.25) is 0 Å². The topological polar surface area (TPSA) is 100 Å². The zero-order chi connectivity index (χ0) is 18.8. The number of hydrogen-bond acceptors (Lipinski definition) is 9. The highest BCUT2D eigenvalue weighted by Gasteiger charge is 2.32. The van der Waals surface area contributed by atoms with Gasteiger partial charge in [0.1, 0.15) is 17.7 Å². The first-order valence-corrected chi connectivity index (χ1v) is 8.70. The normalized spacial score (nSPS) is 21.6. The van der Waals surface area contributed by atoms with E-state index in [1.807, 2.05) is 13.0 Å². The van der Waals surface area contributed by atoms with Crippen molar-refractivity contribution in [3.8, 4) is 6.01 Å². The van der Waals surface area contributed by atoms with Gasteiger partial charge in [-0.05, 0) is 33.8 Å². The van der Waals surface area contributed by atoms with E-state index in [0.29, 0.717) is 23.6 Å². The zero-order valence-corrected chi connectivity index (χ0v) is 15.8. The van der Waals surface area contributed by atoms with Gasteiger partial charge in [0, 0.05) is 31.4 Å². The smallest absolute Gasteiger partial charge is 0.321 e. The molecule has 3 atom stereocenters. The van der Waals surface area contributed by atoms with E-state index in [-0.39, 0.29) is 12.1 Å². The lowest BCUT2D eigenvalue weighted by Crippen LogP contribution is -2.58. The number of rotatable bonds is 4. The van der Waals surface area contributed by atoms with E-state index < -0.39 is 6.10 Å². The molecule has 0 saturated carbocycles. The largest absolute Gasteiger partial charge is 0.467 e. The van der Waals surface area contributed by atoms with Crippen LogP contribution in [0.15, 0.2) is 12.3 Å². The Morgan fingerprint density at radius 1 is 1.15 bits per heavy atom. The Bertz CT molecular complexity index is 759. The Balaban J connectivity index is 1.84. The van der Waals surface area contributed by atoms with Gasteiger partial charge in [-0.1, -0.05) is 0 Å². The quantitative estimate of drug-likeness (QED) is 0.861. The average Bonchev–Trinajstić information content (AvgIpc) is 2.60. The molecule has 1 N–H and O–H groups in total. The number of aromatic nitrogens is 5. The second-order valence-electron chi connectivity index (χ2n) is 6.63. The van der Waals surface area contributed by atoms with Crippen molar-refractivity contribution in [3.05, 3.63) is 23.9 Å². The fraction of sp³-hybridized carbons (Fsp3) is 0.588. The van der Waals surface area contributed by atoms with E-state index in [1.165, 1.54) is 0 Å². The van der Waals surface area contributed by atoms with Crippen molar-refractivity contribution in [1.82, 2.24) is 24.9 Å². The monoisotopic (exact) mass is 359 g/mol. The molecular formula is C17H25N7O2. The standard InChI is InChI=1S/C17H25N7O2/c1-10-8-23(14-6-7-18-15(21-14)12(3)25)9-11(2)24(10)16-19-13(4)20-17(22-16)26-5/h6-7,10-12,25H,8-9H2,1-5H3. The molecule has 9 nitrogen and oxygen atoms in total. The summed E-state index contributed by atoms with van der Waals surface area (Å²) in [6.07, 6.45) is 0.999. The molecule has 26 heavy (non-hydrogen) atoms. The molecule has 3 unspecified atom stereocenters. The van der Waals surface area contributed by atoms with Crippen LogP contribution in [0.1, 0.15) is 38.5 Å². The molecule has 0 aromatic carbocycles. The Morgan fingerprint density at radius 3 is 2.46 bits per heavy atom. The lowest BCUT2D eigenvalue weighted by molar-refractivity contribution is 0.189. The van der Waals surface area contributed by atoms with Gasteiger partial charge in [-0.15, -0.1) is 0 Å². The van der Waals surface area contributed by atoms with Crippen molar-refractivity contribution in [1.29, 1.82) is 0 Å². The van der Waals surface area contributed by atoms with Crippen molar-refractivity contribution >= 4 is 11.8 Å². The van der Waals surface area contributed by atoms with Crippen LogP contribution in [-0.4, -0.2) is 62.3 Å². The zero-order valence-electron chi connectivity index (χ0n) is 15.8. The summed E-state index contributed by atoms with van der Waals surface area (Å²) in [5.74, 6) is 2.51. The molecule has 3 heterocycles. The maximum Gasteiger partial charge on any atom is 0.321 e. The lowest BCUT2D eigenvalue weighted by atomic mass is 10.1. The number of methoxy groups -OCH3 is 1. The number of nitrogens with zero attached hydrogens (tertiary/aromatic N) is 7. The number of hydrogen-bond donors (Lipinski definition) is 1. The highest BCUT2D eigenvalue weighted by Crippen LogP contribution is 2.25. The highest BCUT2D eigenvalue weighted by atomic mass is 16.5. The predicted octanol–water partition coefficient (Wildman–Crippen LogP) is 1.14. The van der Waals surface area contributed by atoms with Crippen molar-refractivity contribution in [2.75, 3.05) is 30.0 Å². The number of anilines is 2. The van der Waals surface area contributed by atoms with Crippen LogP contribution >= 0.6 is 0 Å². The van der Waals surface area contributed by atoms with Gasteiger partial charge in [0.15, 0.2) is 5.82 Å². The summed E-state index contributed by atoms with van der Waals surface area (Å²) in [6, 6.07) is 2.52. The van der Waals surface area contributed by atoms with E-state index in [1.54, 1.807) is 20.2 Å². The summed E-state index contributed by atoms with van der Waals surface area (Å²) in [6.45, 7) is 9.27. The number of piperazine rings is 1. The van der Waals surface area contributed by atoms with Crippen molar-refractivity contribution in [2.24, 2.45) is 0 Å². The van der Waals surface area contributed by atoms with E-state index >= 15 is 0 Å². The molecule has 0 spiro atoms. The van der Waals surface area contributed by atoms with Gasteiger partial charge in [0.05, 0.1) is 7.11 Å². The Kier molecular flexibility index (Phi) is 5.17. The van der Waals surface area contributed by atoms with Gasteiger partial charge in [0.2, 0.25) is 5.95 Å². The minimum absolute atomic E-state index is 0.162. The predicted molar refractivity (Wildman–Crippen MR) is 97.4 cm³/mol. The molecule has 0 bridgehead atoms. The Hall–Kier alpha value is -2.55. The number of ether oxygens (including phenoxy) is 1. The molecule has 1 fully saturated rings. The van der Waals surface area contributed by atoms with Crippen LogP contribution in [0, 0.1) is 6.92 Å². The average molecular weight is 359 g/mol. The second-order valence-corrected chi connectivity index (χ2v) is 6.63. The molecule has 0 radical (unpaired) electrons. The molecule has 1 aliphatic rings. The van der Waals surface area contributed by atoms with Crippen LogP contribution in [0.3, 0.4) is 0 Å². The molecule has 3 rings (SSSR count). The highest BCUT2D eigenvalue weighted by molar-refractivity contribution is 5.45. The summed E-state index contributed by atoms with van der Waals surface area (Å²) < 4.78 is 5.18. The van der Waals surface area contributed by atoms with Crippen LogP contribution in [0.4, 0.5) is 11.8 Å². The number of aliphatic hydroxyl groups is 1. The summed E-state index contributed by atoms with van der Waals surface area (Å²) in [7, 11) is 1.55. The van der Waals surface area contributed by atoms with Crippen molar-refractivity contribution in [2.45, 2.75) is 45.9 Å².